The van der Waals surface area contributed by atoms with Gasteiger partial charge in [-0.05, 0) is 17.7 Å². The summed E-state index contributed by atoms with van der Waals surface area (Å²) in [5, 5.41) is 9.30. The van der Waals surface area contributed by atoms with E-state index in [2.05, 4.69) is 5.16 Å². The smallest absolute Gasteiger partial charge is 0.238 e. The van der Waals surface area contributed by atoms with E-state index in [1.807, 2.05) is 30.3 Å². The SMILES string of the molecule is COCc1onc(-c2ccccc2)c1-c1ccc(S(N)(=O)=O)cc1. The number of nitrogens with zero attached hydrogens (tertiary/aromatic N) is 1. The average molecular weight is 344 g/mol. The van der Waals surface area contributed by atoms with Crippen LogP contribution in [-0.2, 0) is 21.4 Å². The van der Waals surface area contributed by atoms with Crippen molar-refractivity contribution < 1.29 is 17.7 Å². The van der Waals surface area contributed by atoms with Crippen LogP contribution in [0.5, 0.6) is 0 Å². The Kier molecular flexibility index (Phi) is 4.48. The van der Waals surface area contributed by atoms with E-state index >= 15 is 0 Å². The minimum atomic E-state index is -3.73. The molecular formula is C17H16N2O4S. The maximum absolute atomic E-state index is 11.4. The van der Waals surface area contributed by atoms with Crippen molar-refractivity contribution in [3.05, 3.63) is 60.4 Å². The number of methoxy groups -OCH3 is 1. The molecule has 3 rings (SSSR count). The number of rotatable bonds is 5. The van der Waals surface area contributed by atoms with Gasteiger partial charge in [0.2, 0.25) is 10.0 Å². The van der Waals surface area contributed by atoms with Crippen LogP contribution in [0.3, 0.4) is 0 Å². The first-order valence-electron chi connectivity index (χ1n) is 7.17. The predicted molar refractivity (Wildman–Crippen MR) is 89.5 cm³/mol. The lowest BCUT2D eigenvalue weighted by Gasteiger charge is -2.06. The third-order valence-electron chi connectivity index (χ3n) is 3.56. The molecule has 0 aliphatic heterocycles. The van der Waals surface area contributed by atoms with Gasteiger partial charge in [-0.25, -0.2) is 13.6 Å². The van der Waals surface area contributed by atoms with E-state index in [-0.39, 0.29) is 11.5 Å². The standard InChI is InChI=1S/C17H16N2O4S/c1-22-11-15-16(12-7-9-14(10-8-12)24(18,20)21)17(19-23-15)13-5-3-2-4-6-13/h2-10H,11H2,1H3,(H2,18,20,21). The van der Waals surface area contributed by atoms with Crippen LogP contribution in [0, 0.1) is 0 Å². The van der Waals surface area contributed by atoms with Gasteiger partial charge in [-0.15, -0.1) is 0 Å². The number of benzene rings is 2. The maximum atomic E-state index is 11.4. The van der Waals surface area contributed by atoms with Crippen molar-refractivity contribution in [1.29, 1.82) is 0 Å². The van der Waals surface area contributed by atoms with Crippen molar-refractivity contribution >= 4 is 10.0 Å². The number of hydrogen-bond acceptors (Lipinski definition) is 5. The normalized spacial score (nSPS) is 11.6. The molecule has 0 saturated heterocycles. The number of hydrogen-bond donors (Lipinski definition) is 1. The van der Waals surface area contributed by atoms with Gasteiger partial charge in [0.1, 0.15) is 12.3 Å². The lowest BCUT2D eigenvalue weighted by molar-refractivity contribution is 0.156. The monoisotopic (exact) mass is 344 g/mol. The molecule has 0 unspecified atom stereocenters. The molecule has 0 radical (unpaired) electrons. The molecule has 1 aromatic heterocycles. The molecule has 0 bridgehead atoms. The molecule has 0 aliphatic carbocycles. The van der Waals surface area contributed by atoms with E-state index in [9.17, 15) is 8.42 Å². The minimum Gasteiger partial charge on any atom is -0.377 e. The average Bonchev–Trinajstić information content (AvgIpc) is 2.99. The summed E-state index contributed by atoms with van der Waals surface area (Å²) in [6.45, 7) is 0.256. The van der Waals surface area contributed by atoms with Gasteiger partial charge >= 0.3 is 0 Å². The summed E-state index contributed by atoms with van der Waals surface area (Å²) >= 11 is 0. The lowest BCUT2D eigenvalue weighted by atomic mass is 9.99. The van der Waals surface area contributed by atoms with Crippen LogP contribution in [0.4, 0.5) is 0 Å². The Balaban J connectivity index is 2.13. The molecular weight excluding hydrogens is 328 g/mol. The van der Waals surface area contributed by atoms with Gasteiger partial charge in [-0.2, -0.15) is 0 Å². The summed E-state index contributed by atoms with van der Waals surface area (Å²) in [5.41, 5.74) is 3.11. The van der Waals surface area contributed by atoms with Crippen molar-refractivity contribution in [2.75, 3.05) is 7.11 Å². The quantitative estimate of drug-likeness (QED) is 0.768. The van der Waals surface area contributed by atoms with E-state index in [0.29, 0.717) is 11.5 Å². The molecule has 0 fully saturated rings. The van der Waals surface area contributed by atoms with Gasteiger partial charge in [-0.1, -0.05) is 47.6 Å². The van der Waals surface area contributed by atoms with Gasteiger partial charge in [0.15, 0.2) is 5.76 Å². The first-order chi connectivity index (χ1) is 11.5. The molecule has 7 heteroatoms. The zero-order chi connectivity index (χ0) is 17.2. The maximum Gasteiger partial charge on any atom is 0.238 e. The van der Waals surface area contributed by atoms with Crippen molar-refractivity contribution in [2.45, 2.75) is 11.5 Å². The topological polar surface area (TPSA) is 95.4 Å². The Bertz CT molecular complexity index is 932. The Morgan fingerprint density at radius 2 is 1.71 bits per heavy atom. The fraction of sp³-hybridized carbons (Fsp3) is 0.118. The highest BCUT2D eigenvalue weighted by Crippen LogP contribution is 2.35. The number of primary sulfonamides is 1. The molecule has 6 nitrogen and oxygen atoms in total. The molecule has 0 amide bonds. The summed E-state index contributed by atoms with van der Waals surface area (Å²) in [7, 11) is -2.17. The van der Waals surface area contributed by atoms with Crippen LogP contribution in [0.25, 0.3) is 22.4 Å². The van der Waals surface area contributed by atoms with Crippen molar-refractivity contribution in [1.82, 2.24) is 5.16 Å². The van der Waals surface area contributed by atoms with Crippen LogP contribution in [0.1, 0.15) is 5.76 Å². The predicted octanol–water partition coefficient (Wildman–Crippen LogP) is 2.80. The second-order valence-corrected chi connectivity index (χ2v) is 6.76. The summed E-state index contributed by atoms with van der Waals surface area (Å²) in [5.74, 6) is 0.569. The summed E-state index contributed by atoms with van der Waals surface area (Å²) in [6, 6.07) is 15.9. The largest absolute Gasteiger partial charge is 0.377 e. The molecule has 24 heavy (non-hydrogen) atoms. The van der Waals surface area contributed by atoms with E-state index < -0.39 is 10.0 Å². The third kappa shape index (κ3) is 3.23. The molecule has 0 aliphatic rings. The highest BCUT2D eigenvalue weighted by molar-refractivity contribution is 7.89. The van der Waals surface area contributed by atoms with Crippen LogP contribution >= 0.6 is 0 Å². The first kappa shape index (κ1) is 16.4. The molecule has 0 spiro atoms. The Hall–Kier alpha value is -2.48. The number of nitrogens with two attached hydrogens (primary N) is 1. The minimum absolute atomic E-state index is 0.0530. The Labute approximate surface area is 139 Å². The van der Waals surface area contributed by atoms with Crippen molar-refractivity contribution in [3.63, 3.8) is 0 Å². The van der Waals surface area contributed by atoms with E-state index in [1.54, 1.807) is 19.2 Å². The van der Waals surface area contributed by atoms with Gasteiger partial charge in [0, 0.05) is 12.7 Å². The summed E-state index contributed by atoms with van der Waals surface area (Å²) in [4.78, 5) is 0.0530. The zero-order valence-electron chi connectivity index (χ0n) is 13.0. The molecule has 2 aromatic carbocycles. The Morgan fingerprint density at radius 3 is 2.29 bits per heavy atom. The lowest BCUT2D eigenvalue weighted by Crippen LogP contribution is -2.11. The second kappa shape index (κ2) is 6.56. The van der Waals surface area contributed by atoms with Crippen LogP contribution in [0.2, 0.25) is 0 Å². The molecule has 1 heterocycles. The van der Waals surface area contributed by atoms with Gasteiger partial charge < -0.3 is 9.26 Å². The summed E-state index contributed by atoms with van der Waals surface area (Å²) in [6.07, 6.45) is 0. The molecule has 0 atom stereocenters. The fourth-order valence-corrected chi connectivity index (χ4v) is 2.97. The molecule has 3 aromatic rings. The number of ether oxygens (including phenoxy) is 1. The van der Waals surface area contributed by atoms with Crippen LogP contribution in [0.15, 0.2) is 64.0 Å². The number of aromatic nitrogens is 1. The highest BCUT2D eigenvalue weighted by Gasteiger charge is 2.19. The van der Waals surface area contributed by atoms with Crippen molar-refractivity contribution in [2.24, 2.45) is 5.14 Å². The van der Waals surface area contributed by atoms with Crippen LogP contribution in [-0.4, -0.2) is 20.7 Å². The fourth-order valence-electron chi connectivity index (χ4n) is 2.46. The zero-order valence-corrected chi connectivity index (χ0v) is 13.8. The molecule has 2 N–H and O–H groups in total. The van der Waals surface area contributed by atoms with Gasteiger partial charge in [-0.3, -0.25) is 0 Å². The van der Waals surface area contributed by atoms with E-state index in [0.717, 1.165) is 16.7 Å². The van der Waals surface area contributed by atoms with Crippen LogP contribution < -0.4 is 5.14 Å². The Morgan fingerprint density at radius 1 is 1.04 bits per heavy atom. The molecule has 124 valence electrons. The highest BCUT2D eigenvalue weighted by atomic mass is 32.2. The molecule has 0 saturated carbocycles. The van der Waals surface area contributed by atoms with E-state index in [4.69, 9.17) is 14.4 Å². The first-order valence-corrected chi connectivity index (χ1v) is 8.71. The third-order valence-corrected chi connectivity index (χ3v) is 4.49. The van der Waals surface area contributed by atoms with E-state index in [1.165, 1.54) is 12.1 Å². The van der Waals surface area contributed by atoms with Crippen molar-refractivity contribution in [3.8, 4) is 22.4 Å². The second-order valence-electron chi connectivity index (χ2n) is 5.20. The van der Waals surface area contributed by atoms with Gasteiger partial charge in [0.25, 0.3) is 0 Å². The van der Waals surface area contributed by atoms with Gasteiger partial charge in [0.05, 0.1) is 10.5 Å². The number of sulfonamides is 1. The summed E-state index contributed by atoms with van der Waals surface area (Å²) < 4.78 is 33.4.